The predicted molar refractivity (Wildman–Crippen MR) is 82.8 cm³/mol. The first-order chi connectivity index (χ1) is 10.6. The van der Waals surface area contributed by atoms with Gasteiger partial charge in [-0.3, -0.25) is 9.78 Å². The summed E-state index contributed by atoms with van der Waals surface area (Å²) in [5.74, 6) is 0.0620. The number of ether oxygens (including phenoxy) is 2. The van der Waals surface area contributed by atoms with Crippen molar-refractivity contribution >= 4 is 5.91 Å². The Morgan fingerprint density at radius 2 is 2.41 bits per heavy atom. The van der Waals surface area contributed by atoms with Gasteiger partial charge in [0.2, 0.25) is 0 Å². The third kappa shape index (κ3) is 2.88. The van der Waals surface area contributed by atoms with Crippen LogP contribution in [0.1, 0.15) is 35.3 Å². The van der Waals surface area contributed by atoms with Gasteiger partial charge in [-0.15, -0.1) is 0 Å². The third-order valence-electron chi connectivity index (χ3n) is 4.87. The second-order valence-electron chi connectivity index (χ2n) is 6.46. The van der Waals surface area contributed by atoms with Crippen LogP contribution in [-0.2, 0) is 9.47 Å². The van der Waals surface area contributed by atoms with Crippen molar-refractivity contribution in [3.63, 3.8) is 0 Å². The minimum Gasteiger partial charge on any atom is -0.384 e. The summed E-state index contributed by atoms with van der Waals surface area (Å²) in [7, 11) is 1.73. The standard InChI is InChI=1S/C17H24N2O3/c1-13-4-5-14(10-18-13)16(20)19-8-6-15-17(11-19,12-21-2)7-3-9-22-15/h4-5,10,15H,3,6-9,11-12H2,1-2H3/t15-,17-/m0/s1. The molecule has 0 saturated carbocycles. The van der Waals surface area contributed by atoms with Crippen LogP contribution in [0.2, 0.25) is 0 Å². The first-order valence-corrected chi connectivity index (χ1v) is 7.97. The highest BCUT2D eigenvalue weighted by molar-refractivity contribution is 5.94. The number of aromatic nitrogens is 1. The summed E-state index contributed by atoms with van der Waals surface area (Å²) in [5.41, 5.74) is 1.53. The quantitative estimate of drug-likeness (QED) is 0.857. The number of likely N-dealkylation sites (tertiary alicyclic amines) is 1. The average molecular weight is 304 g/mol. The Labute approximate surface area is 131 Å². The Bertz CT molecular complexity index is 527. The van der Waals surface area contributed by atoms with Gasteiger partial charge in [0.15, 0.2) is 0 Å². The SMILES string of the molecule is COC[C@@]12CCCO[C@H]1CCN(C(=O)c1ccc(C)nc1)C2. The number of nitrogens with zero attached hydrogens (tertiary/aromatic N) is 2. The highest BCUT2D eigenvalue weighted by atomic mass is 16.5. The van der Waals surface area contributed by atoms with E-state index in [9.17, 15) is 4.79 Å². The zero-order valence-electron chi connectivity index (χ0n) is 13.4. The average Bonchev–Trinajstić information content (AvgIpc) is 2.54. The number of carbonyl (C=O) groups is 1. The summed E-state index contributed by atoms with van der Waals surface area (Å²) in [4.78, 5) is 18.9. The van der Waals surface area contributed by atoms with E-state index in [4.69, 9.17) is 9.47 Å². The highest BCUT2D eigenvalue weighted by Crippen LogP contribution is 2.40. The van der Waals surface area contributed by atoms with Crippen molar-refractivity contribution in [2.24, 2.45) is 5.41 Å². The molecule has 0 aromatic carbocycles. The van der Waals surface area contributed by atoms with Crippen LogP contribution in [-0.4, -0.2) is 55.3 Å². The number of rotatable bonds is 3. The molecule has 0 N–H and O–H groups in total. The van der Waals surface area contributed by atoms with Gasteiger partial charge >= 0.3 is 0 Å². The van der Waals surface area contributed by atoms with Crippen LogP contribution in [0, 0.1) is 12.3 Å². The lowest BCUT2D eigenvalue weighted by Crippen LogP contribution is -2.58. The summed E-state index contributed by atoms with van der Waals surface area (Å²) in [6, 6.07) is 3.74. The second-order valence-corrected chi connectivity index (χ2v) is 6.46. The first-order valence-electron chi connectivity index (χ1n) is 7.97. The van der Waals surface area contributed by atoms with Crippen LogP contribution in [0.3, 0.4) is 0 Å². The Balaban J connectivity index is 1.78. The van der Waals surface area contributed by atoms with Crippen LogP contribution in [0.15, 0.2) is 18.3 Å². The molecule has 22 heavy (non-hydrogen) atoms. The number of fused-ring (bicyclic) bond motifs is 1. The van der Waals surface area contributed by atoms with Gasteiger partial charge in [0, 0.05) is 44.1 Å². The lowest BCUT2D eigenvalue weighted by Gasteiger charge is -2.50. The Morgan fingerprint density at radius 3 is 3.14 bits per heavy atom. The maximum absolute atomic E-state index is 12.7. The topological polar surface area (TPSA) is 51.7 Å². The molecule has 1 aromatic heterocycles. The maximum Gasteiger partial charge on any atom is 0.255 e. The molecule has 2 aliphatic heterocycles. The largest absolute Gasteiger partial charge is 0.384 e. The number of aryl methyl sites for hydroxylation is 1. The van der Waals surface area contributed by atoms with E-state index in [-0.39, 0.29) is 17.4 Å². The van der Waals surface area contributed by atoms with Gasteiger partial charge in [-0.2, -0.15) is 0 Å². The fraction of sp³-hybridized carbons (Fsp3) is 0.647. The maximum atomic E-state index is 12.7. The van der Waals surface area contributed by atoms with E-state index in [2.05, 4.69) is 4.98 Å². The summed E-state index contributed by atoms with van der Waals surface area (Å²) in [5, 5.41) is 0. The van der Waals surface area contributed by atoms with Gasteiger partial charge in [0.05, 0.1) is 18.3 Å². The van der Waals surface area contributed by atoms with Crippen LogP contribution in [0.4, 0.5) is 0 Å². The number of piperidine rings is 1. The zero-order valence-corrected chi connectivity index (χ0v) is 13.4. The van der Waals surface area contributed by atoms with E-state index in [1.54, 1.807) is 13.3 Å². The predicted octanol–water partition coefficient (Wildman–Crippen LogP) is 2.05. The van der Waals surface area contributed by atoms with E-state index < -0.39 is 0 Å². The fourth-order valence-electron chi connectivity index (χ4n) is 3.74. The lowest BCUT2D eigenvalue weighted by molar-refractivity contribution is -0.142. The molecule has 2 saturated heterocycles. The lowest BCUT2D eigenvalue weighted by atomic mass is 9.73. The van der Waals surface area contributed by atoms with Crippen molar-refractivity contribution in [1.82, 2.24) is 9.88 Å². The number of methoxy groups -OCH3 is 1. The van der Waals surface area contributed by atoms with E-state index in [1.807, 2.05) is 24.0 Å². The number of carbonyl (C=O) groups excluding carboxylic acids is 1. The minimum atomic E-state index is -0.0565. The summed E-state index contributed by atoms with van der Waals surface area (Å²) >= 11 is 0. The molecule has 0 spiro atoms. The van der Waals surface area contributed by atoms with E-state index >= 15 is 0 Å². The number of pyridine rings is 1. The Morgan fingerprint density at radius 1 is 1.55 bits per heavy atom. The van der Waals surface area contributed by atoms with Gasteiger partial charge in [0.1, 0.15) is 0 Å². The molecular formula is C17H24N2O3. The van der Waals surface area contributed by atoms with Crippen molar-refractivity contribution in [3.8, 4) is 0 Å². The highest BCUT2D eigenvalue weighted by Gasteiger charge is 2.47. The number of hydrogen-bond acceptors (Lipinski definition) is 4. The molecule has 0 bridgehead atoms. The van der Waals surface area contributed by atoms with Gasteiger partial charge in [0.25, 0.3) is 5.91 Å². The molecule has 2 atom stereocenters. The molecule has 1 amide bonds. The third-order valence-corrected chi connectivity index (χ3v) is 4.87. The van der Waals surface area contributed by atoms with Crippen molar-refractivity contribution in [3.05, 3.63) is 29.6 Å². The van der Waals surface area contributed by atoms with E-state index in [1.165, 1.54) is 0 Å². The van der Waals surface area contributed by atoms with Crippen LogP contribution in [0.25, 0.3) is 0 Å². The van der Waals surface area contributed by atoms with Crippen molar-refractivity contribution in [2.45, 2.75) is 32.3 Å². The summed E-state index contributed by atoms with van der Waals surface area (Å²) in [6.45, 7) is 4.84. The normalized spacial score (nSPS) is 28.3. The van der Waals surface area contributed by atoms with Crippen molar-refractivity contribution in [2.75, 3.05) is 33.4 Å². The molecule has 1 aromatic rings. The summed E-state index contributed by atoms with van der Waals surface area (Å²) < 4.78 is 11.4. The van der Waals surface area contributed by atoms with Gasteiger partial charge in [-0.05, 0) is 38.3 Å². The molecule has 2 fully saturated rings. The van der Waals surface area contributed by atoms with Gasteiger partial charge in [-0.1, -0.05) is 0 Å². The molecule has 3 rings (SSSR count). The molecule has 0 unspecified atom stereocenters. The zero-order chi connectivity index (χ0) is 15.6. The van der Waals surface area contributed by atoms with Gasteiger partial charge in [-0.25, -0.2) is 0 Å². The smallest absolute Gasteiger partial charge is 0.255 e. The molecular weight excluding hydrogens is 280 g/mol. The Kier molecular flexibility index (Phi) is 4.45. The van der Waals surface area contributed by atoms with Crippen molar-refractivity contribution < 1.29 is 14.3 Å². The minimum absolute atomic E-state index is 0.0565. The Hall–Kier alpha value is -1.46. The molecule has 3 heterocycles. The number of hydrogen-bond donors (Lipinski definition) is 0. The monoisotopic (exact) mass is 304 g/mol. The second kappa shape index (κ2) is 6.34. The van der Waals surface area contributed by atoms with Crippen LogP contribution in [0.5, 0.6) is 0 Å². The van der Waals surface area contributed by atoms with Crippen LogP contribution < -0.4 is 0 Å². The number of amides is 1. The van der Waals surface area contributed by atoms with E-state index in [0.29, 0.717) is 18.7 Å². The molecule has 0 aliphatic carbocycles. The molecule has 5 heteroatoms. The molecule has 2 aliphatic rings. The summed E-state index contributed by atoms with van der Waals surface area (Å²) in [6.07, 6.45) is 4.86. The van der Waals surface area contributed by atoms with Crippen LogP contribution >= 0.6 is 0 Å². The first kappa shape index (κ1) is 15.4. The molecule has 5 nitrogen and oxygen atoms in total. The molecule has 0 radical (unpaired) electrons. The fourth-order valence-corrected chi connectivity index (χ4v) is 3.74. The van der Waals surface area contributed by atoms with Gasteiger partial charge < -0.3 is 14.4 Å². The van der Waals surface area contributed by atoms with E-state index in [0.717, 1.165) is 38.1 Å². The van der Waals surface area contributed by atoms with Crippen molar-refractivity contribution in [1.29, 1.82) is 0 Å². The molecule has 120 valence electrons.